The van der Waals surface area contributed by atoms with Crippen LogP contribution in [0.3, 0.4) is 0 Å². The lowest BCUT2D eigenvalue weighted by Gasteiger charge is -2.10. The second-order valence-electron chi connectivity index (χ2n) is 6.15. The number of esters is 1. The highest BCUT2D eigenvalue weighted by Gasteiger charge is 2.15. The van der Waals surface area contributed by atoms with Gasteiger partial charge in [0.25, 0.3) is 5.56 Å². The third kappa shape index (κ3) is 3.01. The van der Waals surface area contributed by atoms with Crippen molar-refractivity contribution < 1.29 is 14.3 Å². The Morgan fingerprint density at radius 3 is 2.68 bits per heavy atom. The normalized spacial score (nSPS) is 10.9. The molecule has 0 aliphatic rings. The summed E-state index contributed by atoms with van der Waals surface area (Å²) in [7, 11) is 1.26. The Kier molecular flexibility index (Phi) is 4.36. The van der Waals surface area contributed by atoms with E-state index in [2.05, 4.69) is 15.4 Å². The number of rotatable bonds is 4. The van der Waals surface area contributed by atoms with Crippen LogP contribution in [0.1, 0.15) is 10.4 Å². The van der Waals surface area contributed by atoms with E-state index in [1.807, 2.05) is 24.3 Å². The molecule has 0 saturated carbocycles. The van der Waals surface area contributed by atoms with Crippen molar-refractivity contribution in [1.82, 2.24) is 14.8 Å². The number of hydrogen-bond donors (Lipinski definition) is 2. The molecule has 4 aromatic rings. The van der Waals surface area contributed by atoms with Gasteiger partial charge in [0.1, 0.15) is 12.1 Å². The maximum atomic E-state index is 12.7. The van der Waals surface area contributed by atoms with Gasteiger partial charge in [-0.05, 0) is 18.2 Å². The van der Waals surface area contributed by atoms with E-state index in [1.54, 1.807) is 30.5 Å². The highest BCUT2D eigenvalue weighted by molar-refractivity contribution is 6.06. The minimum atomic E-state index is -0.564. The monoisotopic (exact) mass is 376 g/mol. The molecule has 4 rings (SSSR count). The summed E-state index contributed by atoms with van der Waals surface area (Å²) in [6.07, 6.45) is 1.56. The Morgan fingerprint density at radius 1 is 1.11 bits per heavy atom. The van der Waals surface area contributed by atoms with E-state index in [0.29, 0.717) is 16.6 Å². The summed E-state index contributed by atoms with van der Waals surface area (Å²) in [4.78, 5) is 40.0. The van der Waals surface area contributed by atoms with Crippen LogP contribution in [0, 0.1) is 0 Å². The molecule has 28 heavy (non-hydrogen) atoms. The van der Waals surface area contributed by atoms with Crippen LogP contribution in [-0.4, -0.2) is 33.8 Å². The van der Waals surface area contributed by atoms with Crippen LogP contribution in [0.15, 0.2) is 59.5 Å². The smallest absolute Gasteiger partial charge is 0.339 e. The van der Waals surface area contributed by atoms with Gasteiger partial charge in [-0.1, -0.05) is 30.3 Å². The van der Waals surface area contributed by atoms with Gasteiger partial charge in [-0.2, -0.15) is 5.10 Å². The summed E-state index contributed by atoms with van der Waals surface area (Å²) in [6.45, 7) is -0.292. The number of methoxy groups -OCH3 is 1. The maximum absolute atomic E-state index is 12.7. The number of carbonyl (C=O) groups is 2. The number of nitrogens with zero attached hydrogens (tertiary/aromatic N) is 2. The summed E-state index contributed by atoms with van der Waals surface area (Å²) in [5, 5.41) is 8.34. The number of nitrogens with one attached hydrogen (secondary N) is 2. The molecular formula is C20H16N4O4. The Labute approximate surface area is 158 Å². The van der Waals surface area contributed by atoms with Crippen molar-refractivity contribution >= 4 is 39.4 Å². The lowest BCUT2D eigenvalue weighted by atomic mass is 10.2. The zero-order valence-electron chi connectivity index (χ0n) is 14.9. The molecule has 140 valence electrons. The number of hydrogen-bond acceptors (Lipinski definition) is 5. The second kappa shape index (κ2) is 6.99. The van der Waals surface area contributed by atoms with Crippen molar-refractivity contribution in [3.05, 3.63) is 70.6 Å². The van der Waals surface area contributed by atoms with Crippen molar-refractivity contribution in [2.24, 2.45) is 0 Å². The van der Waals surface area contributed by atoms with Crippen molar-refractivity contribution in [1.29, 1.82) is 0 Å². The number of ether oxygens (including phenoxy) is 1. The molecule has 0 fully saturated rings. The van der Waals surface area contributed by atoms with Gasteiger partial charge < -0.3 is 15.0 Å². The first-order valence-corrected chi connectivity index (χ1v) is 8.52. The zero-order chi connectivity index (χ0) is 19.7. The molecule has 0 atom stereocenters. The third-order valence-corrected chi connectivity index (χ3v) is 4.42. The van der Waals surface area contributed by atoms with Crippen molar-refractivity contribution in [2.75, 3.05) is 12.4 Å². The average Bonchev–Trinajstić information content (AvgIpc) is 3.09. The lowest BCUT2D eigenvalue weighted by molar-refractivity contribution is -0.117. The van der Waals surface area contributed by atoms with Gasteiger partial charge >= 0.3 is 5.97 Å². The van der Waals surface area contributed by atoms with Crippen molar-refractivity contribution in [3.63, 3.8) is 0 Å². The van der Waals surface area contributed by atoms with Crippen LogP contribution in [0.5, 0.6) is 0 Å². The molecule has 0 aliphatic heterocycles. The molecule has 0 bridgehead atoms. The molecule has 0 saturated heterocycles. The second-order valence-corrected chi connectivity index (χ2v) is 6.15. The topological polar surface area (TPSA) is 106 Å². The Balaban J connectivity index is 1.63. The summed E-state index contributed by atoms with van der Waals surface area (Å²) in [5.74, 6) is -1.05. The van der Waals surface area contributed by atoms with Gasteiger partial charge in [-0.15, -0.1) is 0 Å². The summed E-state index contributed by atoms with van der Waals surface area (Å²) >= 11 is 0. The van der Waals surface area contributed by atoms with Gasteiger partial charge in [-0.25, -0.2) is 9.48 Å². The number of aromatic nitrogens is 3. The van der Waals surface area contributed by atoms with Crippen molar-refractivity contribution in [2.45, 2.75) is 6.54 Å². The Bertz CT molecular complexity index is 1270. The number of aromatic amines is 1. The maximum Gasteiger partial charge on any atom is 0.339 e. The van der Waals surface area contributed by atoms with E-state index in [4.69, 9.17) is 4.74 Å². The first kappa shape index (κ1) is 17.5. The molecule has 2 N–H and O–H groups in total. The standard InChI is InChI=1S/C20H16N4O4/c1-28-20(27)13-7-3-5-9-16(13)22-17(25)11-24-19(26)18-14(10-21-24)12-6-2-4-8-15(12)23-18/h2-10,23H,11H2,1H3,(H,22,25). The molecule has 8 nitrogen and oxygen atoms in total. The number of carbonyl (C=O) groups excluding carboxylic acids is 2. The Hall–Kier alpha value is -3.94. The molecule has 2 aromatic carbocycles. The number of amides is 1. The third-order valence-electron chi connectivity index (χ3n) is 4.42. The number of fused-ring (bicyclic) bond motifs is 3. The molecule has 0 spiro atoms. The highest BCUT2D eigenvalue weighted by Crippen LogP contribution is 2.21. The molecule has 0 aliphatic carbocycles. The number of para-hydroxylation sites is 2. The highest BCUT2D eigenvalue weighted by atomic mass is 16.5. The molecule has 1 amide bonds. The van der Waals surface area contributed by atoms with E-state index in [-0.39, 0.29) is 12.1 Å². The largest absolute Gasteiger partial charge is 0.465 e. The van der Waals surface area contributed by atoms with E-state index in [0.717, 1.165) is 15.6 Å². The summed E-state index contributed by atoms with van der Waals surface area (Å²) < 4.78 is 5.79. The first-order chi connectivity index (χ1) is 13.6. The van der Waals surface area contributed by atoms with E-state index < -0.39 is 17.4 Å². The summed E-state index contributed by atoms with van der Waals surface area (Å²) in [6, 6.07) is 14.0. The first-order valence-electron chi connectivity index (χ1n) is 8.52. The molecule has 8 heteroatoms. The minimum Gasteiger partial charge on any atom is -0.465 e. The van der Waals surface area contributed by atoms with Crippen LogP contribution in [0.2, 0.25) is 0 Å². The van der Waals surface area contributed by atoms with E-state index >= 15 is 0 Å². The summed E-state index contributed by atoms with van der Waals surface area (Å²) in [5.41, 5.74) is 1.35. The van der Waals surface area contributed by atoms with Crippen molar-refractivity contribution in [3.8, 4) is 0 Å². The minimum absolute atomic E-state index is 0.227. The molecule has 2 aromatic heterocycles. The molecule has 0 radical (unpaired) electrons. The van der Waals surface area contributed by atoms with Crippen LogP contribution in [0.4, 0.5) is 5.69 Å². The fourth-order valence-electron chi connectivity index (χ4n) is 3.09. The zero-order valence-corrected chi connectivity index (χ0v) is 14.9. The van der Waals surface area contributed by atoms with Crippen LogP contribution >= 0.6 is 0 Å². The average molecular weight is 376 g/mol. The molecular weight excluding hydrogens is 360 g/mol. The van der Waals surface area contributed by atoms with E-state index in [9.17, 15) is 14.4 Å². The molecule has 2 heterocycles. The van der Waals surface area contributed by atoms with Gasteiger partial charge in [-0.3, -0.25) is 9.59 Å². The van der Waals surface area contributed by atoms with Gasteiger partial charge in [0.2, 0.25) is 5.91 Å². The predicted octanol–water partition coefficient (Wildman–Crippen LogP) is 2.30. The predicted molar refractivity (Wildman–Crippen MR) is 104 cm³/mol. The quantitative estimate of drug-likeness (QED) is 0.532. The Morgan fingerprint density at radius 2 is 1.86 bits per heavy atom. The fourth-order valence-corrected chi connectivity index (χ4v) is 3.09. The van der Waals surface area contributed by atoms with Crippen LogP contribution < -0.4 is 10.9 Å². The number of anilines is 1. The number of H-pyrrole nitrogens is 1. The van der Waals surface area contributed by atoms with Gasteiger partial charge in [0.15, 0.2) is 0 Å². The lowest BCUT2D eigenvalue weighted by Crippen LogP contribution is -2.30. The van der Waals surface area contributed by atoms with Gasteiger partial charge in [0.05, 0.1) is 24.6 Å². The molecule has 0 unspecified atom stereocenters. The van der Waals surface area contributed by atoms with Gasteiger partial charge in [0, 0.05) is 16.3 Å². The van der Waals surface area contributed by atoms with E-state index in [1.165, 1.54) is 7.11 Å². The van der Waals surface area contributed by atoms with Crippen LogP contribution in [-0.2, 0) is 16.1 Å². The SMILES string of the molecule is COC(=O)c1ccccc1NC(=O)Cn1ncc2c([nH]c3ccccc32)c1=O. The van der Waals surface area contributed by atoms with Crippen LogP contribution in [0.25, 0.3) is 21.8 Å². The fraction of sp³-hybridized carbons (Fsp3) is 0.100. The number of benzene rings is 2.